The summed E-state index contributed by atoms with van der Waals surface area (Å²) >= 11 is 0. The first-order valence-corrected chi connectivity index (χ1v) is 5.92. The molecule has 0 radical (unpaired) electrons. The van der Waals surface area contributed by atoms with Gasteiger partial charge in [-0.2, -0.15) is 0 Å². The van der Waals surface area contributed by atoms with Gasteiger partial charge < -0.3 is 19.5 Å². The number of hydrogen-bond acceptors (Lipinski definition) is 4. The molecule has 0 amide bonds. The maximum absolute atomic E-state index is 13.4. The van der Waals surface area contributed by atoms with E-state index in [-0.39, 0.29) is 5.82 Å². The van der Waals surface area contributed by atoms with E-state index in [0.29, 0.717) is 37.8 Å². The number of hydrogen-bond donors (Lipinski definition) is 1. The first kappa shape index (κ1) is 14.7. The van der Waals surface area contributed by atoms with Crippen molar-refractivity contribution in [2.24, 2.45) is 0 Å². The minimum atomic E-state index is -0.296. The van der Waals surface area contributed by atoms with Crippen LogP contribution in [0.4, 0.5) is 10.1 Å². The zero-order chi connectivity index (χ0) is 13.2. The largest absolute Gasteiger partial charge is 0.497 e. The third-order valence-electron chi connectivity index (χ3n) is 2.37. The average Bonchev–Trinajstić information content (AvgIpc) is 2.39. The summed E-state index contributed by atoms with van der Waals surface area (Å²) in [6.07, 6.45) is 0.865. The summed E-state index contributed by atoms with van der Waals surface area (Å²) in [7, 11) is 3.21. The first-order valence-electron chi connectivity index (χ1n) is 5.92. The second-order valence-corrected chi connectivity index (χ2v) is 3.73. The van der Waals surface area contributed by atoms with E-state index in [4.69, 9.17) is 14.2 Å². The third-order valence-corrected chi connectivity index (χ3v) is 2.37. The Balaban J connectivity index is 2.22. The Morgan fingerprint density at radius 2 is 2.00 bits per heavy atom. The number of nitrogens with one attached hydrogen (secondary N) is 1. The normalized spacial score (nSPS) is 10.4. The van der Waals surface area contributed by atoms with Gasteiger partial charge in [0.2, 0.25) is 0 Å². The Hall–Kier alpha value is -1.33. The number of ether oxygens (including phenoxy) is 3. The van der Waals surface area contributed by atoms with E-state index in [1.807, 2.05) is 0 Å². The van der Waals surface area contributed by atoms with Gasteiger partial charge in [0.05, 0.1) is 19.4 Å². The van der Waals surface area contributed by atoms with Crippen LogP contribution in [0.15, 0.2) is 18.2 Å². The summed E-state index contributed by atoms with van der Waals surface area (Å²) < 4.78 is 28.7. The van der Waals surface area contributed by atoms with Crippen molar-refractivity contribution in [3.63, 3.8) is 0 Å². The molecule has 0 fully saturated rings. The summed E-state index contributed by atoms with van der Waals surface area (Å²) in [4.78, 5) is 0. The lowest BCUT2D eigenvalue weighted by molar-refractivity contribution is 0.109. The molecule has 0 heterocycles. The standard InChI is InChI=1S/C13H20FNO3/c1-16-7-3-8-18-9-6-15-13-10-11(17-2)4-5-12(13)14/h4-5,10,15H,3,6-9H2,1-2H3. The molecule has 0 aliphatic heterocycles. The van der Waals surface area contributed by atoms with Gasteiger partial charge in [0.25, 0.3) is 0 Å². The molecule has 1 aromatic carbocycles. The monoisotopic (exact) mass is 257 g/mol. The number of benzene rings is 1. The van der Waals surface area contributed by atoms with Crippen molar-refractivity contribution in [1.82, 2.24) is 0 Å². The lowest BCUT2D eigenvalue weighted by Gasteiger charge is -2.09. The van der Waals surface area contributed by atoms with Crippen molar-refractivity contribution in [2.75, 3.05) is 45.9 Å². The first-order chi connectivity index (χ1) is 8.77. The fraction of sp³-hybridized carbons (Fsp3) is 0.538. The molecule has 0 aromatic heterocycles. The van der Waals surface area contributed by atoms with Gasteiger partial charge in [-0.15, -0.1) is 0 Å². The molecule has 0 bridgehead atoms. The molecule has 0 unspecified atom stereocenters. The van der Waals surface area contributed by atoms with Crippen LogP contribution in [0.25, 0.3) is 0 Å². The van der Waals surface area contributed by atoms with E-state index in [0.717, 1.165) is 6.42 Å². The highest BCUT2D eigenvalue weighted by Crippen LogP contribution is 2.20. The zero-order valence-corrected chi connectivity index (χ0v) is 10.9. The maximum atomic E-state index is 13.4. The molecule has 1 rings (SSSR count). The second kappa shape index (κ2) is 8.72. The van der Waals surface area contributed by atoms with Crippen LogP contribution in [0.1, 0.15) is 6.42 Å². The highest BCUT2D eigenvalue weighted by molar-refractivity contribution is 5.49. The van der Waals surface area contributed by atoms with Crippen LogP contribution >= 0.6 is 0 Å². The van der Waals surface area contributed by atoms with Crippen LogP contribution in [-0.2, 0) is 9.47 Å². The van der Waals surface area contributed by atoms with E-state index in [9.17, 15) is 4.39 Å². The molecule has 5 heteroatoms. The molecular weight excluding hydrogens is 237 g/mol. The molecule has 0 saturated heterocycles. The molecule has 0 saturated carbocycles. The highest BCUT2D eigenvalue weighted by atomic mass is 19.1. The van der Waals surface area contributed by atoms with Gasteiger partial charge in [-0.3, -0.25) is 0 Å². The quantitative estimate of drug-likeness (QED) is 0.689. The lowest BCUT2D eigenvalue weighted by atomic mass is 10.3. The molecule has 0 atom stereocenters. The van der Waals surface area contributed by atoms with Crippen molar-refractivity contribution < 1.29 is 18.6 Å². The van der Waals surface area contributed by atoms with Gasteiger partial charge in [0.15, 0.2) is 0 Å². The minimum absolute atomic E-state index is 0.296. The zero-order valence-electron chi connectivity index (χ0n) is 10.9. The summed E-state index contributed by atoms with van der Waals surface area (Å²) in [5.74, 6) is 0.329. The molecule has 4 nitrogen and oxygen atoms in total. The Bertz CT molecular complexity index is 347. The molecule has 1 aromatic rings. The van der Waals surface area contributed by atoms with E-state index < -0.39 is 0 Å². The number of rotatable bonds is 9. The van der Waals surface area contributed by atoms with Gasteiger partial charge in [0, 0.05) is 32.9 Å². The topological polar surface area (TPSA) is 39.7 Å². The van der Waals surface area contributed by atoms with Crippen molar-refractivity contribution >= 4 is 5.69 Å². The van der Waals surface area contributed by atoms with Gasteiger partial charge in [-0.1, -0.05) is 0 Å². The third kappa shape index (κ3) is 5.33. The average molecular weight is 257 g/mol. The van der Waals surface area contributed by atoms with E-state index in [1.54, 1.807) is 26.4 Å². The van der Waals surface area contributed by atoms with Crippen LogP contribution in [0, 0.1) is 5.82 Å². The fourth-order valence-corrected chi connectivity index (χ4v) is 1.43. The van der Waals surface area contributed by atoms with Gasteiger partial charge in [-0.25, -0.2) is 4.39 Å². The SMILES string of the molecule is COCCCOCCNc1cc(OC)ccc1F. The van der Waals surface area contributed by atoms with Crippen LogP contribution in [0.5, 0.6) is 5.75 Å². The van der Waals surface area contributed by atoms with Gasteiger partial charge in [-0.05, 0) is 18.6 Å². The predicted octanol–water partition coefficient (Wildman–Crippen LogP) is 2.30. The Morgan fingerprint density at radius 3 is 2.72 bits per heavy atom. The fourth-order valence-electron chi connectivity index (χ4n) is 1.43. The smallest absolute Gasteiger partial charge is 0.146 e. The summed E-state index contributed by atoms with van der Waals surface area (Å²) in [6.45, 7) is 2.42. The molecule has 18 heavy (non-hydrogen) atoms. The summed E-state index contributed by atoms with van der Waals surface area (Å²) in [5.41, 5.74) is 0.426. The van der Waals surface area contributed by atoms with E-state index >= 15 is 0 Å². The van der Waals surface area contributed by atoms with Crippen LogP contribution in [0.2, 0.25) is 0 Å². The van der Waals surface area contributed by atoms with Crippen molar-refractivity contribution in [3.05, 3.63) is 24.0 Å². The Morgan fingerprint density at radius 1 is 1.17 bits per heavy atom. The second-order valence-electron chi connectivity index (χ2n) is 3.73. The summed E-state index contributed by atoms with van der Waals surface area (Å²) in [5, 5.41) is 2.97. The van der Waals surface area contributed by atoms with Crippen molar-refractivity contribution in [1.29, 1.82) is 0 Å². The summed E-state index contributed by atoms with van der Waals surface area (Å²) in [6, 6.07) is 4.59. The van der Waals surface area contributed by atoms with Crippen molar-refractivity contribution in [3.8, 4) is 5.75 Å². The number of halogens is 1. The molecule has 102 valence electrons. The van der Waals surface area contributed by atoms with Crippen LogP contribution < -0.4 is 10.1 Å². The van der Waals surface area contributed by atoms with E-state index in [2.05, 4.69) is 5.32 Å². The lowest BCUT2D eigenvalue weighted by Crippen LogP contribution is -2.11. The predicted molar refractivity (Wildman–Crippen MR) is 68.8 cm³/mol. The van der Waals surface area contributed by atoms with Gasteiger partial charge >= 0.3 is 0 Å². The molecule has 0 spiro atoms. The Kier molecular flexibility index (Phi) is 7.13. The number of anilines is 1. The van der Waals surface area contributed by atoms with Gasteiger partial charge in [0.1, 0.15) is 11.6 Å². The van der Waals surface area contributed by atoms with Crippen LogP contribution in [0.3, 0.4) is 0 Å². The maximum Gasteiger partial charge on any atom is 0.146 e. The van der Waals surface area contributed by atoms with Crippen LogP contribution in [-0.4, -0.2) is 40.6 Å². The molecule has 1 N–H and O–H groups in total. The minimum Gasteiger partial charge on any atom is -0.497 e. The molecular formula is C13H20FNO3. The highest BCUT2D eigenvalue weighted by Gasteiger charge is 2.02. The Labute approximate surface area is 107 Å². The molecule has 0 aliphatic rings. The van der Waals surface area contributed by atoms with E-state index in [1.165, 1.54) is 6.07 Å². The van der Waals surface area contributed by atoms with Crippen molar-refractivity contribution in [2.45, 2.75) is 6.42 Å². The molecule has 0 aliphatic carbocycles. The number of methoxy groups -OCH3 is 2.